The Morgan fingerprint density at radius 3 is 1.68 bits per heavy atom. The van der Waals surface area contributed by atoms with Gasteiger partial charge in [0.1, 0.15) is 42.2 Å². The number of hydrogen-bond acceptors (Lipinski definition) is 23. The van der Waals surface area contributed by atoms with Crippen LogP contribution in [0.4, 0.5) is 22.0 Å². The number of unbranched alkanes of at least 4 members (excludes halogenated alkanes) is 29. The maximum Gasteiger partial charge on any atom is 0.491 e. The molecule has 3 unspecified atom stereocenters. The quantitative estimate of drug-likeness (QED) is 0.00633. The van der Waals surface area contributed by atoms with E-state index in [1.165, 1.54) is 153 Å². The number of nitrogens with one attached hydrogen (secondary N) is 7. The third kappa shape index (κ3) is 40.8. The van der Waals surface area contributed by atoms with Crippen molar-refractivity contribution < 1.29 is 79.5 Å². The molecule has 3 amide bonds. The first-order valence-corrected chi connectivity index (χ1v) is 43.2. The SMILES string of the molecule is CCCCCCCCCCCCCCCCCC(=O)OCC(COP(=O)(ON)OCCNC(=O)OCCNc1c(NCCNC(=O)CCCOc2cc(C)c(S(=O)(=O)NCC(NC(=O)CCCCc3ccc4c(n3)NCCC4)C(=O)O)c(C)c2)c(=O)c1=O)OC(=O)CCCCCCCCCCCCCCCCC. The van der Waals surface area contributed by atoms with E-state index in [4.69, 9.17) is 33.9 Å². The van der Waals surface area contributed by atoms with Crippen molar-refractivity contribution in [1.82, 2.24) is 25.7 Å². The standard InChI is InChI=1S/C78H130N9O19PS/c1-5-7-9-11-13-15-17-19-21-23-25-27-29-31-33-43-69(90)102-58-65(105-70(91)44-34-32-30-28-26-24-22-20-18-16-14-12-10-8-6-2)59-104-107(97,106-79)103-54-51-84-78(96)101-53-50-82-72-71(73(92)74(72)93)81-49-48-80-67(88)42-38-52-100-64-55-60(3)75(61(4)56-64)108(98,99)85-57-66(77(94)95)87-68(89)41-36-35-40-63-46-45-62-39-37-47-83-76(62)86-63/h45-46,55-56,65-66,81-82,85H,5-44,47-54,57-59,79H2,1-4H3,(H,80,88)(H,83,86)(H,84,96)(H,87,89)(H,94,95). The van der Waals surface area contributed by atoms with E-state index in [0.717, 1.165) is 75.8 Å². The van der Waals surface area contributed by atoms with Crippen LogP contribution in [-0.2, 0) is 79.3 Å². The van der Waals surface area contributed by atoms with Crippen molar-refractivity contribution >= 4 is 70.9 Å². The number of phosphoric acid groups is 1. The Morgan fingerprint density at radius 1 is 0.593 bits per heavy atom. The zero-order valence-corrected chi connectivity index (χ0v) is 66.9. The maximum atomic E-state index is 13.5. The number of nitrogens with zero attached hydrogens (tertiary/aromatic N) is 1. The number of phosphoric ester groups is 1. The van der Waals surface area contributed by atoms with Gasteiger partial charge in [0, 0.05) is 70.6 Å². The number of carboxylic acid groups (broad SMARTS) is 1. The fourth-order valence-corrected chi connectivity index (χ4v) is 15.1. The number of carbonyl (C=O) groups is 6. The number of sulfonamides is 1. The Balaban J connectivity index is 1.09. The van der Waals surface area contributed by atoms with E-state index >= 15 is 0 Å². The fraction of sp³-hybridized carbons (Fsp3) is 0.731. The smallest absolute Gasteiger partial charge is 0.491 e. The number of benzene rings is 1. The van der Waals surface area contributed by atoms with Crippen molar-refractivity contribution in [3.8, 4) is 5.75 Å². The first kappa shape index (κ1) is 93.6. The third-order valence-electron chi connectivity index (χ3n) is 18.8. The predicted molar refractivity (Wildman–Crippen MR) is 419 cm³/mol. The summed E-state index contributed by atoms with van der Waals surface area (Å²) in [6, 6.07) is 5.55. The first-order chi connectivity index (χ1) is 52.2. The molecule has 0 fully saturated rings. The highest BCUT2D eigenvalue weighted by molar-refractivity contribution is 7.89. The molecule has 0 aliphatic carbocycles. The Bertz CT molecular complexity index is 3310. The minimum atomic E-state index is -4.49. The fourth-order valence-electron chi connectivity index (χ4n) is 12.7. The zero-order valence-electron chi connectivity index (χ0n) is 65.2. The monoisotopic (exact) mass is 1560 g/mol. The highest BCUT2D eigenvalue weighted by Gasteiger charge is 2.31. The second-order valence-electron chi connectivity index (χ2n) is 28.2. The number of anilines is 3. The molecule has 1 aliphatic heterocycles. The van der Waals surface area contributed by atoms with Gasteiger partial charge in [0.25, 0.3) is 10.9 Å². The zero-order chi connectivity index (χ0) is 78.5. The van der Waals surface area contributed by atoms with Gasteiger partial charge in [-0.2, -0.15) is 0 Å². The summed E-state index contributed by atoms with van der Waals surface area (Å²) in [6.07, 6.45) is 38.1. The van der Waals surface area contributed by atoms with E-state index in [-0.39, 0.29) is 100 Å². The van der Waals surface area contributed by atoms with E-state index < -0.39 is 90.5 Å². The Kier molecular flexibility index (Phi) is 48.9. The van der Waals surface area contributed by atoms with Gasteiger partial charge in [0.2, 0.25) is 21.8 Å². The minimum Gasteiger partial charge on any atom is -0.494 e. The van der Waals surface area contributed by atoms with Crippen LogP contribution in [-0.4, -0.2) is 139 Å². The van der Waals surface area contributed by atoms with Crippen molar-refractivity contribution in [3.63, 3.8) is 0 Å². The highest BCUT2D eigenvalue weighted by Crippen LogP contribution is 2.47. The van der Waals surface area contributed by atoms with Gasteiger partial charge in [-0.25, -0.2) is 42.8 Å². The van der Waals surface area contributed by atoms with Gasteiger partial charge in [0.05, 0.1) is 24.7 Å². The van der Waals surface area contributed by atoms with Crippen LogP contribution < -0.4 is 58.1 Å². The molecular formula is C78H130N9O19PS. The number of aliphatic carboxylic acids is 1. The molecule has 108 heavy (non-hydrogen) atoms. The molecule has 0 saturated heterocycles. The van der Waals surface area contributed by atoms with E-state index in [2.05, 4.69) is 66.1 Å². The number of carboxylic acids is 1. The number of pyridine rings is 1. The van der Waals surface area contributed by atoms with Crippen LogP contribution in [0.15, 0.2) is 38.8 Å². The average molecular weight is 1560 g/mol. The molecule has 612 valence electrons. The van der Waals surface area contributed by atoms with E-state index in [9.17, 15) is 56.4 Å². The summed E-state index contributed by atoms with van der Waals surface area (Å²) >= 11 is 0. The summed E-state index contributed by atoms with van der Waals surface area (Å²) in [5.74, 6) is 3.34. The van der Waals surface area contributed by atoms with E-state index in [0.29, 0.717) is 49.0 Å². The third-order valence-corrected chi connectivity index (χ3v) is 21.8. The lowest BCUT2D eigenvalue weighted by molar-refractivity contribution is -0.161. The van der Waals surface area contributed by atoms with Crippen LogP contribution >= 0.6 is 7.82 Å². The number of fused-ring (bicyclic) bond motifs is 1. The van der Waals surface area contributed by atoms with Crippen LogP contribution in [0.1, 0.15) is 280 Å². The molecule has 0 radical (unpaired) electrons. The van der Waals surface area contributed by atoms with Crippen molar-refractivity contribution in [1.29, 1.82) is 0 Å². The number of aryl methyl sites for hydroxylation is 4. The first-order valence-electron chi connectivity index (χ1n) is 40.3. The summed E-state index contributed by atoms with van der Waals surface area (Å²) in [5.41, 5.74) is 1.12. The summed E-state index contributed by atoms with van der Waals surface area (Å²) in [5, 5.41) is 26.3. The molecule has 1 aromatic heterocycles. The molecular weight excluding hydrogens is 1430 g/mol. The topological polar surface area (TPSA) is 396 Å². The molecule has 2 aromatic carbocycles. The number of amides is 3. The average Bonchev–Trinajstić information content (AvgIpc) is 0.809. The summed E-state index contributed by atoms with van der Waals surface area (Å²) in [4.78, 5) is 105. The van der Waals surface area contributed by atoms with Gasteiger partial charge in [-0.3, -0.25) is 37.8 Å². The molecule has 4 rings (SSSR count). The van der Waals surface area contributed by atoms with Gasteiger partial charge in [-0.1, -0.05) is 200 Å². The number of hydrogen-bond donors (Lipinski definition) is 9. The number of carbonyl (C=O) groups excluding carboxylic acids is 5. The lowest BCUT2D eigenvalue weighted by Gasteiger charge is -2.21. The van der Waals surface area contributed by atoms with Gasteiger partial charge in [-0.05, 0) is 100 Å². The highest BCUT2D eigenvalue weighted by atomic mass is 32.2. The summed E-state index contributed by atoms with van der Waals surface area (Å²) in [6.45, 7) is 6.26. The molecule has 0 bridgehead atoms. The lowest BCUT2D eigenvalue weighted by atomic mass is 10.0. The van der Waals surface area contributed by atoms with Crippen LogP contribution in [0.5, 0.6) is 5.75 Å². The number of alkyl carbamates (subject to hydrolysis) is 1. The Morgan fingerprint density at radius 2 is 1.12 bits per heavy atom. The number of aromatic nitrogens is 1. The van der Waals surface area contributed by atoms with Crippen molar-refractivity contribution in [3.05, 3.63) is 67.1 Å². The predicted octanol–water partition coefficient (Wildman–Crippen LogP) is 13.4. The maximum absolute atomic E-state index is 13.5. The largest absolute Gasteiger partial charge is 0.494 e. The number of esters is 2. The normalized spacial score (nSPS) is 13.2. The second-order valence-corrected chi connectivity index (χ2v) is 31.6. The molecule has 1 aliphatic rings. The van der Waals surface area contributed by atoms with Crippen LogP contribution in [0.25, 0.3) is 0 Å². The molecule has 10 N–H and O–H groups in total. The number of rotatable bonds is 67. The second kappa shape index (κ2) is 56.5. The Hall–Kier alpha value is -6.75. The minimum absolute atomic E-state index is 0.00676. The Labute approximate surface area is 641 Å². The van der Waals surface area contributed by atoms with Crippen molar-refractivity contribution in [2.24, 2.45) is 5.90 Å². The van der Waals surface area contributed by atoms with E-state index in [1.807, 2.05) is 6.07 Å². The number of nitrogens with two attached hydrogens (primary N) is 1. The van der Waals surface area contributed by atoms with Crippen LogP contribution in [0.2, 0.25) is 0 Å². The van der Waals surface area contributed by atoms with Gasteiger partial charge >= 0.3 is 31.8 Å². The molecule has 3 aromatic rings. The number of ether oxygens (including phenoxy) is 4. The lowest BCUT2D eigenvalue weighted by Crippen LogP contribution is -2.48. The molecule has 0 saturated carbocycles. The van der Waals surface area contributed by atoms with Crippen LogP contribution in [0, 0.1) is 13.8 Å². The molecule has 0 spiro atoms. The van der Waals surface area contributed by atoms with E-state index in [1.54, 1.807) is 13.8 Å². The van der Waals surface area contributed by atoms with Crippen molar-refractivity contribution in [2.75, 3.05) is 88.3 Å². The molecule has 2 heterocycles. The summed E-state index contributed by atoms with van der Waals surface area (Å²) in [7, 11) is -8.73. The van der Waals surface area contributed by atoms with Gasteiger partial charge < -0.3 is 56.0 Å². The van der Waals surface area contributed by atoms with Gasteiger partial charge in [-0.15, -0.1) is 0 Å². The summed E-state index contributed by atoms with van der Waals surface area (Å²) < 4.78 is 80.1. The van der Waals surface area contributed by atoms with Crippen molar-refractivity contribution in [2.45, 2.75) is 302 Å². The van der Waals surface area contributed by atoms with Gasteiger partial charge in [0.15, 0.2) is 6.10 Å². The molecule has 3 atom stereocenters. The molecule has 28 nitrogen and oxygen atoms in total. The molecule has 30 heteroatoms. The van der Waals surface area contributed by atoms with Crippen LogP contribution in [0.3, 0.4) is 0 Å².